The van der Waals surface area contributed by atoms with Crippen molar-refractivity contribution in [1.82, 2.24) is 0 Å². The number of fused-ring (bicyclic) bond motifs is 1. The molecule has 3 heteroatoms. The molecule has 74 valence electrons. The fourth-order valence-corrected chi connectivity index (χ4v) is 1.88. The zero-order valence-electron chi connectivity index (χ0n) is 8.04. The number of carboxylic acid groups (broad SMARTS) is 1. The van der Waals surface area contributed by atoms with Gasteiger partial charge in [-0.2, -0.15) is 0 Å². The third-order valence-electron chi connectivity index (χ3n) is 2.67. The molecule has 1 aromatic heterocycles. The zero-order valence-corrected chi connectivity index (χ0v) is 8.04. The third kappa shape index (κ3) is 1.35. The van der Waals surface area contributed by atoms with Crippen molar-refractivity contribution in [2.75, 3.05) is 0 Å². The fraction of sp³-hybridized carbons (Fsp3) is 0.364. The Labute approximate surface area is 82.0 Å². The molecule has 0 fully saturated rings. The SMILES string of the molecule is C/C(C(=O)O)=C1/CCCc2occc21. The maximum Gasteiger partial charge on any atom is 0.331 e. The number of aliphatic carboxylic acids is 1. The Bertz CT molecular complexity index is 398. The van der Waals surface area contributed by atoms with Gasteiger partial charge in [-0.05, 0) is 31.4 Å². The van der Waals surface area contributed by atoms with E-state index in [-0.39, 0.29) is 0 Å². The number of aryl methyl sites for hydroxylation is 1. The third-order valence-corrected chi connectivity index (χ3v) is 2.67. The van der Waals surface area contributed by atoms with Crippen molar-refractivity contribution in [3.8, 4) is 0 Å². The molecule has 1 heterocycles. The van der Waals surface area contributed by atoms with Crippen LogP contribution in [0, 0.1) is 0 Å². The first-order valence-electron chi connectivity index (χ1n) is 4.70. The van der Waals surface area contributed by atoms with Crippen LogP contribution in [0.15, 0.2) is 22.3 Å². The van der Waals surface area contributed by atoms with Crippen molar-refractivity contribution in [3.63, 3.8) is 0 Å². The predicted molar refractivity (Wildman–Crippen MR) is 51.9 cm³/mol. The average Bonchev–Trinajstić information content (AvgIpc) is 2.63. The van der Waals surface area contributed by atoms with Crippen LogP contribution in [0.3, 0.4) is 0 Å². The monoisotopic (exact) mass is 192 g/mol. The molecule has 1 aromatic rings. The predicted octanol–water partition coefficient (Wildman–Crippen LogP) is 2.47. The topological polar surface area (TPSA) is 50.4 Å². The van der Waals surface area contributed by atoms with Gasteiger partial charge in [0.05, 0.1) is 6.26 Å². The minimum Gasteiger partial charge on any atom is -0.478 e. The Balaban J connectivity index is 2.51. The van der Waals surface area contributed by atoms with Crippen LogP contribution in [0.2, 0.25) is 0 Å². The largest absolute Gasteiger partial charge is 0.478 e. The highest BCUT2D eigenvalue weighted by Crippen LogP contribution is 2.33. The lowest BCUT2D eigenvalue weighted by atomic mass is 9.90. The van der Waals surface area contributed by atoms with Gasteiger partial charge in [0, 0.05) is 17.6 Å². The van der Waals surface area contributed by atoms with Crippen molar-refractivity contribution in [2.45, 2.75) is 26.2 Å². The Morgan fingerprint density at radius 2 is 2.29 bits per heavy atom. The Morgan fingerprint density at radius 3 is 3.00 bits per heavy atom. The van der Waals surface area contributed by atoms with Crippen molar-refractivity contribution < 1.29 is 14.3 Å². The fourth-order valence-electron chi connectivity index (χ4n) is 1.88. The maximum absolute atomic E-state index is 10.8. The summed E-state index contributed by atoms with van der Waals surface area (Å²) in [6.07, 6.45) is 4.36. The summed E-state index contributed by atoms with van der Waals surface area (Å²) < 4.78 is 5.29. The molecular formula is C11H12O3. The van der Waals surface area contributed by atoms with E-state index in [9.17, 15) is 4.79 Å². The number of furan rings is 1. The number of carboxylic acids is 1. The second-order valence-electron chi connectivity index (χ2n) is 3.52. The first kappa shape index (κ1) is 9.06. The number of hydrogen-bond acceptors (Lipinski definition) is 2. The van der Waals surface area contributed by atoms with Gasteiger partial charge in [0.2, 0.25) is 0 Å². The molecule has 1 aliphatic rings. The summed E-state index contributed by atoms with van der Waals surface area (Å²) >= 11 is 0. The lowest BCUT2D eigenvalue weighted by Gasteiger charge is -2.15. The van der Waals surface area contributed by atoms with Gasteiger partial charge in [-0.15, -0.1) is 0 Å². The van der Waals surface area contributed by atoms with Crippen LogP contribution in [0.1, 0.15) is 31.1 Å². The number of carbonyl (C=O) groups is 1. The summed E-state index contributed by atoms with van der Waals surface area (Å²) in [4.78, 5) is 10.8. The van der Waals surface area contributed by atoms with Crippen molar-refractivity contribution in [2.24, 2.45) is 0 Å². The Kier molecular flexibility index (Phi) is 2.15. The molecule has 0 saturated carbocycles. The molecule has 3 nitrogen and oxygen atoms in total. The van der Waals surface area contributed by atoms with Crippen LogP contribution in [0.5, 0.6) is 0 Å². The van der Waals surface area contributed by atoms with E-state index in [0.29, 0.717) is 5.57 Å². The second-order valence-corrected chi connectivity index (χ2v) is 3.52. The van der Waals surface area contributed by atoms with Gasteiger partial charge in [-0.3, -0.25) is 0 Å². The molecule has 0 radical (unpaired) electrons. The van der Waals surface area contributed by atoms with Crippen LogP contribution < -0.4 is 0 Å². The van der Waals surface area contributed by atoms with Crippen LogP contribution in [-0.4, -0.2) is 11.1 Å². The highest BCUT2D eigenvalue weighted by atomic mass is 16.4. The van der Waals surface area contributed by atoms with Crippen molar-refractivity contribution >= 4 is 11.5 Å². The molecule has 0 atom stereocenters. The van der Waals surface area contributed by atoms with E-state index in [1.54, 1.807) is 13.2 Å². The highest BCUT2D eigenvalue weighted by Gasteiger charge is 2.20. The average molecular weight is 192 g/mol. The minimum atomic E-state index is -0.839. The molecule has 0 spiro atoms. The van der Waals surface area contributed by atoms with Crippen molar-refractivity contribution in [1.29, 1.82) is 0 Å². The van der Waals surface area contributed by atoms with E-state index >= 15 is 0 Å². The van der Waals surface area contributed by atoms with Crippen LogP contribution >= 0.6 is 0 Å². The van der Waals surface area contributed by atoms with Gasteiger partial charge in [-0.25, -0.2) is 4.79 Å². The van der Waals surface area contributed by atoms with E-state index in [1.807, 2.05) is 6.07 Å². The van der Waals surface area contributed by atoms with Gasteiger partial charge >= 0.3 is 5.97 Å². The quantitative estimate of drug-likeness (QED) is 0.695. The van der Waals surface area contributed by atoms with Gasteiger partial charge in [0.15, 0.2) is 0 Å². The summed E-state index contributed by atoms with van der Waals surface area (Å²) in [5.41, 5.74) is 2.34. The smallest absolute Gasteiger partial charge is 0.331 e. The standard InChI is InChI=1S/C11H12O3/c1-7(11(12)13)8-3-2-4-10-9(8)5-6-14-10/h5-6H,2-4H2,1H3,(H,12,13)/b8-7+. The van der Waals surface area contributed by atoms with E-state index in [1.165, 1.54) is 0 Å². The highest BCUT2D eigenvalue weighted by molar-refractivity contribution is 5.96. The van der Waals surface area contributed by atoms with Gasteiger partial charge in [0.25, 0.3) is 0 Å². The summed E-state index contributed by atoms with van der Waals surface area (Å²) in [7, 11) is 0. The van der Waals surface area contributed by atoms with Gasteiger partial charge in [-0.1, -0.05) is 0 Å². The molecular weight excluding hydrogens is 180 g/mol. The molecule has 0 aromatic carbocycles. The molecule has 0 bridgehead atoms. The van der Waals surface area contributed by atoms with Crippen LogP contribution in [0.25, 0.3) is 5.57 Å². The second kappa shape index (κ2) is 3.33. The summed E-state index contributed by atoms with van der Waals surface area (Å²) in [6.45, 7) is 1.65. The lowest BCUT2D eigenvalue weighted by molar-refractivity contribution is -0.132. The van der Waals surface area contributed by atoms with Crippen LogP contribution in [0.4, 0.5) is 0 Å². The lowest BCUT2D eigenvalue weighted by Crippen LogP contribution is -2.05. The molecule has 2 rings (SSSR count). The number of hydrogen-bond donors (Lipinski definition) is 1. The molecule has 1 N–H and O–H groups in total. The van der Waals surface area contributed by atoms with Crippen molar-refractivity contribution in [3.05, 3.63) is 29.2 Å². The molecule has 0 unspecified atom stereocenters. The van der Waals surface area contributed by atoms with E-state index in [0.717, 1.165) is 36.2 Å². The van der Waals surface area contributed by atoms with Gasteiger partial charge in [0.1, 0.15) is 5.76 Å². The maximum atomic E-state index is 10.8. The van der Waals surface area contributed by atoms with Crippen LogP contribution in [-0.2, 0) is 11.2 Å². The summed E-state index contributed by atoms with van der Waals surface area (Å²) in [6, 6.07) is 1.86. The Hall–Kier alpha value is -1.51. The van der Waals surface area contributed by atoms with E-state index in [2.05, 4.69) is 0 Å². The first-order chi connectivity index (χ1) is 6.70. The summed E-state index contributed by atoms with van der Waals surface area (Å²) in [5, 5.41) is 8.91. The Morgan fingerprint density at radius 1 is 1.50 bits per heavy atom. The minimum absolute atomic E-state index is 0.437. The molecule has 1 aliphatic carbocycles. The number of allylic oxidation sites excluding steroid dienone is 1. The van der Waals surface area contributed by atoms with E-state index < -0.39 is 5.97 Å². The molecule has 0 saturated heterocycles. The normalized spacial score (nSPS) is 18.9. The zero-order chi connectivity index (χ0) is 10.1. The summed E-state index contributed by atoms with van der Waals surface area (Å²) in [5.74, 6) is 0.0842. The first-order valence-corrected chi connectivity index (χ1v) is 4.70. The van der Waals surface area contributed by atoms with Gasteiger partial charge < -0.3 is 9.52 Å². The molecule has 0 amide bonds. The number of rotatable bonds is 1. The van der Waals surface area contributed by atoms with E-state index in [4.69, 9.17) is 9.52 Å². The molecule has 14 heavy (non-hydrogen) atoms. The molecule has 0 aliphatic heterocycles.